The summed E-state index contributed by atoms with van der Waals surface area (Å²) in [5, 5.41) is 19.2. The van der Waals surface area contributed by atoms with Gasteiger partial charge in [-0.1, -0.05) is 19.4 Å². The van der Waals surface area contributed by atoms with Gasteiger partial charge >= 0.3 is 5.97 Å². The molecule has 2 N–H and O–H groups in total. The minimum Gasteiger partial charge on any atom is -0.503 e. The van der Waals surface area contributed by atoms with Crippen molar-refractivity contribution in [3.05, 3.63) is 69.5 Å². The maximum atomic E-state index is 12.0. The van der Waals surface area contributed by atoms with Crippen LogP contribution < -0.4 is 11.1 Å². The number of rotatable bonds is 16. The van der Waals surface area contributed by atoms with Gasteiger partial charge in [-0.2, -0.15) is 0 Å². The normalized spacial score (nSPS) is 11.0. The second-order valence-corrected chi connectivity index (χ2v) is 8.66. The van der Waals surface area contributed by atoms with Gasteiger partial charge < -0.3 is 29.0 Å². The van der Waals surface area contributed by atoms with Crippen molar-refractivity contribution in [2.24, 2.45) is 0 Å². The Morgan fingerprint density at radius 3 is 1.86 bits per heavy atom. The molecule has 0 aromatic carbocycles. The van der Waals surface area contributed by atoms with Gasteiger partial charge in [0.05, 0.1) is 6.61 Å². The molecule has 0 amide bonds. The van der Waals surface area contributed by atoms with Gasteiger partial charge in [0.25, 0.3) is 11.1 Å². The fourth-order valence-corrected chi connectivity index (χ4v) is 3.74. The number of ether oxygens (including phenoxy) is 1. The predicted octanol–water partition coefficient (Wildman–Crippen LogP) is 2.88. The van der Waals surface area contributed by atoms with Crippen LogP contribution in [-0.2, 0) is 22.6 Å². The van der Waals surface area contributed by atoms with Gasteiger partial charge in [0.15, 0.2) is 11.5 Å². The SMILES string of the molecule is C=C(C)C(=O)OCCCCCCN(CCCn1cccc(O)c1=O)CCCn1cccc(O)c1=O. The Hall–Kier alpha value is -3.33. The van der Waals surface area contributed by atoms with Gasteiger partial charge in [0, 0.05) is 31.1 Å². The summed E-state index contributed by atoms with van der Waals surface area (Å²) >= 11 is 0. The molecule has 0 saturated carbocycles. The average Bonchev–Trinajstić information content (AvgIpc) is 2.83. The number of esters is 1. The Kier molecular flexibility index (Phi) is 11.8. The van der Waals surface area contributed by atoms with Crippen LogP contribution in [0.5, 0.6) is 11.5 Å². The van der Waals surface area contributed by atoms with Crippen molar-refractivity contribution < 1.29 is 19.7 Å². The van der Waals surface area contributed by atoms with Gasteiger partial charge in [-0.3, -0.25) is 9.59 Å². The molecule has 35 heavy (non-hydrogen) atoms. The largest absolute Gasteiger partial charge is 0.503 e. The molecule has 0 fully saturated rings. The van der Waals surface area contributed by atoms with E-state index < -0.39 is 11.1 Å². The maximum Gasteiger partial charge on any atom is 0.333 e. The lowest BCUT2D eigenvalue weighted by Crippen LogP contribution is -2.30. The van der Waals surface area contributed by atoms with Crippen molar-refractivity contribution in [2.75, 3.05) is 26.2 Å². The first-order valence-corrected chi connectivity index (χ1v) is 12.1. The topological polar surface area (TPSA) is 114 Å². The van der Waals surface area contributed by atoms with Crippen molar-refractivity contribution in [1.82, 2.24) is 14.0 Å². The van der Waals surface area contributed by atoms with E-state index in [4.69, 9.17) is 4.74 Å². The summed E-state index contributed by atoms with van der Waals surface area (Å²) in [4.78, 5) is 37.8. The van der Waals surface area contributed by atoms with Crippen LogP contribution in [0.2, 0.25) is 0 Å². The molecule has 0 unspecified atom stereocenters. The maximum absolute atomic E-state index is 12.0. The number of nitrogens with zero attached hydrogens (tertiary/aromatic N) is 3. The van der Waals surface area contributed by atoms with Crippen LogP contribution in [0.1, 0.15) is 45.4 Å². The van der Waals surface area contributed by atoms with Crippen LogP contribution >= 0.6 is 0 Å². The summed E-state index contributed by atoms with van der Waals surface area (Å²) in [6.45, 7) is 9.01. The lowest BCUT2D eigenvalue weighted by atomic mass is 10.2. The number of aromatic nitrogens is 2. The van der Waals surface area contributed by atoms with E-state index in [1.54, 1.807) is 31.5 Å². The number of aryl methyl sites for hydroxylation is 2. The zero-order valence-electron chi connectivity index (χ0n) is 20.5. The summed E-state index contributed by atoms with van der Waals surface area (Å²) in [5.74, 6) is -0.863. The van der Waals surface area contributed by atoms with Gasteiger partial charge in [-0.15, -0.1) is 0 Å². The van der Waals surface area contributed by atoms with E-state index in [9.17, 15) is 24.6 Å². The standard InChI is InChI=1S/C26H37N3O6/c1-21(2)26(34)35-20-6-4-3-5-13-27(14-9-18-28-16-7-11-22(30)24(28)32)15-10-19-29-17-8-12-23(31)25(29)33/h7-8,11-12,16-17,30-31H,1,3-6,9-10,13-15,18-20H2,2H3. The van der Waals surface area contributed by atoms with Crippen molar-refractivity contribution in [1.29, 1.82) is 0 Å². The predicted molar refractivity (Wildman–Crippen MR) is 135 cm³/mol. The van der Waals surface area contributed by atoms with E-state index >= 15 is 0 Å². The van der Waals surface area contributed by atoms with Crippen LogP contribution in [-0.4, -0.2) is 56.5 Å². The molecular weight excluding hydrogens is 450 g/mol. The number of hydrogen-bond donors (Lipinski definition) is 2. The van der Waals surface area contributed by atoms with E-state index in [1.807, 2.05) is 0 Å². The molecule has 2 aromatic heterocycles. The zero-order chi connectivity index (χ0) is 25.6. The number of aromatic hydroxyl groups is 2. The molecule has 192 valence electrons. The molecule has 0 aliphatic heterocycles. The number of hydrogen-bond acceptors (Lipinski definition) is 7. The quantitative estimate of drug-likeness (QED) is 0.213. The molecule has 0 aliphatic carbocycles. The van der Waals surface area contributed by atoms with Gasteiger partial charge in [-0.05, 0) is 76.5 Å². The number of unbranched alkanes of at least 4 members (excludes halogenated alkanes) is 3. The Morgan fingerprint density at radius 2 is 1.34 bits per heavy atom. The van der Waals surface area contributed by atoms with Crippen LogP contribution in [0.4, 0.5) is 0 Å². The molecule has 0 saturated heterocycles. The molecule has 0 spiro atoms. The summed E-state index contributed by atoms with van der Waals surface area (Å²) in [6, 6.07) is 6.06. The summed E-state index contributed by atoms with van der Waals surface area (Å²) in [6.07, 6.45) is 8.56. The smallest absolute Gasteiger partial charge is 0.333 e. The third-order valence-electron chi connectivity index (χ3n) is 5.70. The minimum atomic E-state index is -0.394. The lowest BCUT2D eigenvalue weighted by molar-refractivity contribution is -0.139. The molecule has 0 aliphatic rings. The molecule has 2 rings (SSSR count). The highest BCUT2D eigenvalue weighted by molar-refractivity contribution is 5.86. The Balaban J connectivity index is 1.80. The van der Waals surface area contributed by atoms with Crippen LogP contribution in [0.3, 0.4) is 0 Å². The number of carbonyl (C=O) groups is 1. The summed E-state index contributed by atoms with van der Waals surface area (Å²) in [5.41, 5.74) is -0.383. The first kappa shape index (κ1) is 27.9. The second-order valence-electron chi connectivity index (χ2n) is 8.66. The molecule has 0 radical (unpaired) electrons. The van der Waals surface area contributed by atoms with E-state index in [1.165, 1.54) is 21.3 Å². The van der Waals surface area contributed by atoms with Gasteiger partial charge in [0.2, 0.25) is 0 Å². The first-order valence-electron chi connectivity index (χ1n) is 12.1. The van der Waals surface area contributed by atoms with Crippen LogP contribution in [0.25, 0.3) is 0 Å². The van der Waals surface area contributed by atoms with Crippen molar-refractivity contribution in [3.8, 4) is 11.5 Å². The third kappa shape index (κ3) is 9.82. The van der Waals surface area contributed by atoms with Gasteiger partial charge in [0.1, 0.15) is 0 Å². The first-order chi connectivity index (χ1) is 16.8. The third-order valence-corrected chi connectivity index (χ3v) is 5.70. The highest BCUT2D eigenvalue weighted by atomic mass is 16.5. The minimum absolute atomic E-state index is 0.255. The molecule has 0 atom stereocenters. The fraction of sp³-hybridized carbons (Fsp3) is 0.500. The average molecular weight is 488 g/mol. The van der Waals surface area contributed by atoms with E-state index in [2.05, 4.69) is 11.5 Å². The van der Waals surface area contributed by atoms with Crippen molar-refractivity contribution in [2.45, 2.75) is 58.5 Å². The summed E-state index contributed by atoms with van der Waals surface area (Å²) in [7, 11) is 0. The van der Waals surface area contributed by atoms with E-state index in [0.29, 0.717) is 25.3 Å². The Labute approximate surface area is 205 Å². The highest BCUT2D eigenvalue weighted by Gasteiger charge is 2.08. The van der Waals surface area contributed by atoms with Crippen molar-refractivity contribution >= 4 is 5.97 Å². The molecular formula is C26H37N3O6. The Bertz CT molecular complexity index is 1010. The van der Waals surface area contributed by atoms with Gasteiger partial charge in [-0.25, -0.2) is 4.79 Å². The second kappa shape index (κ2) is 14.8. The molecule has 0 bridgehead atoms. The van der Waals surface area contributed by atoms with E-state index in [-0.39, 0.29) is 17.5 Å². The monoisotopic (exact) mass is 487 g/mol. The van der Waals surface area contributed by atoms with Crippen LogP contribution in [0.15, 0.2) is 58.4 Å². The molecule has 2 aromatic rings. The molecule has 2 heterocycles. The summed E-state index contributed by atoms with van der Waals surface area (Å²) < 4.78 is 8.13. The Morgan fingerprint density at radius 1 is 0.857 bits per heavy atom. The number of pyridine rings is 2. The van der Waals surface area contributed by atoms with Crippen molar-refractivity contribution in [3.63, 3.8) is 0 Å². The lowest BCUT2D eigenvalue weighted by Gasteiger charge is -2.23. The highest BCUT2D eigenvalue weighted by Crippen LogP contribution is 2.07. The molecule has 9 nitrogen and oxygen atoms in total. The number of carbonyl (C=O) groups excluding carboxylic acids is 1. The van der Waals surface area contributed by atoms with Crippen LogP contribution in [0, 0.1) is 0 Å². The fourth-order valence-electron chi connectivity index (χ4n) is 3.74. The van der Waals surface area contributed by atoms with E-state index in [0.717, 1.165) is 58.2 Å². The molecule has 9 heteroatoms. The zero-order valence-corrected chi connectivity index (χ0v) is 20.5.